The van der Waals surface area contributed by atoms with Gasteiger partial charge in [-0.2, -0.15) is 0 Å². The van der Waals surface area contributed by atoms with Crippen LogP contribution >= 0.6 is 11.6 Å². The van der Waals surface area contributed by atoms with E-state index in [4.69, 9.17) is 11.6 Å². The van der Waals surface area contributed by atoms with Gasteiger partial charge >= 0.3 is 6.03 Å². The van der Waals surface area contributed by atoms with Gasteiger partial charge in [0.2, 0.25) is 5.91 Å². The quantitative estimate of drug-likeness (QED) is 0.894. The first-order valence-corrected chi connectivity index (χ1v) is 7.03. The lowest BCUT2D eigenvalue weighted by Gasteiger charge is -2.16. The molecule has 3 amide bonds. The highest BCUT2D eigenvalue weighted by Gasteiger charge is 2.27. The Hall–Kier alpha value is -1.95. The molecule has 1 aliphatic heterocycles. The number of halogens is 1. The highest BCUT2D eigenvalue weighted by Crippen LogP contribution is 2.27. The lowest BCUT2D eigenvalue weighted by molar-refractivity contribution is -0.126. The van der Waals surface area contributed by atoms with Gasteiger partial charge in [0.05, 0.1) is 16.8 Å². The molecular weight excluding hydrogens is 292 g/mol. The Morgan fingerprint density at radius 3 is 2.67 bits per heavy atom. The Labute approximate surface area is 129 Å². The van der Waals surface area contributed by atoms with E-state index in [1.807, 2.05) is 25.1 Å². The molecular formula is C14H19ClN4O2. The van der Waals surface area contributed by atoms with Gasteiger partial charge in [0.25, 0.3) is 0 Å². The fourth-order valence-corrected chi connectivity index (χ4v) is 2.61. The fraction of sp³-hybridized carbons (Fsp3) is 0.429. The Morgan fingerprint density at radius 2 is 2.14 bits per heavy atom. The number of hydrogen-bond donors (Lipinski definition) is 2. The number of anilines is 2. The van der Waals surface area contributed by atoms with Crippen molar-refractivity contribution in [3.05, 3.63) is 23.2 Å². The Kier molecular flexibility index (Phi) is 4.57. The lowest BCUT2D eigenvalue weighted by atomic mass is 10.2. The van der Waals surface area contributed by atoms with E-state index in [0.29, 0.717) is 23.7 Å². The van der Waals surface area contributed by atoms with Crippen LogP contribution in [0.15, 0.2) is 18.2 Å². The molecule has 1 heterocycles. The summed E-state index contributed by atoms with van der Waals surface area (Å²) in [7, 11) is 5.52. The van der Waals surface area contributed by atoms with Gasteiger partial charge in [-0.3, -0.25) is 4.79 Å². The average Bonchev–Trinajstić information content (AvgIpc) is 2.67. The van der Waals surface area contributed by atoms with Crippen molar-refractivity contribution >= 4 is 34.9 Å². The lowest BCUT2D eigenvalue weighted by Crippen LogP contribution is -2.39. The topological polar surface area (TPSA) is 64.7 Å². The summed E-state index contributed by atoms with van der Waals surface area (Å²) in [5.41, 5.74) is 1.49. The summed E-state index contributed by atoms with van der Waals surface area (Å²) in [5.74, 6) is 0.0404. The van der Waals surface area contributed by atoms with Crippen LogP contribution in [0.3, 0.4) is 0 Å². The summed E-state index contributed by atoms with van der Waals surface area (Å²) < 4.78 is 0. The minimum absolute atomic E-state index is 0.0404. The minimum Gasteiger partial charge on any atom is -0.376 e. The van der Waals surface area contributed by atoms with Crippen molar-refractivity contribution in [2.24, 2.45) is 0 Å². The number of hydrogen-bond acceptors (Lipinski definition) is 3. The normalized spacial score (nSPS) is 17.8. The molecule has 1 fully saturated rings. The van der Waals surface area contributed by atoms with Crippen molar-refractivity contribution < 1.29 is 9.59 Å². The zero-order chi connectivity index (χ0) is 15.6. The van der Waals surface area contributed by atoms with E-state index in [1.54, 1.807) is 24.1 Å². The standard InChI is InChI=1S/C14H19ClN4O2/c1-18(2)12-5-4-9(6-11(12)15)16-14(21)17-10-7-13(20)19(3)8-10/h4-6,10H,7-8H2,1-3H3,(H2,16,17,21)/t10-/m0/s1. The number of nitrogens with one attached hydrogen (secondary N) is 2. The largest absolute Gasteiger partial charge is 0.376 e. The van der Waals surface area contributed by atoms with Gasteiger partial charge in [0.15, 0.2) is 0 Å². The Bertz CT molecular complexity index is 562. The van der Waals surface area contributed by atoms with Crippen LogP contribution in [0.1, 0.15) is 6.42 Å². The van der Waals surface area contributed by atoms with Crippen LogP contribution in [0, 0.1) is 0 Å². The summed E-state index contributed by atoms with van der Waals surface area (Å²) in [6.45, 7) is 0.534. The molecule has 0 radical (unpaired) electrons. The number of likely N-dealkylation sites (tertiary alicyclic amines) is 1. The third kappa shape index (κ3) is 3.78. The number of urea groups is 1. The van der Waals surface area contributed by atoms with Crippen molar-refractivity contribution in [1.82, 2.24) is 10.2 Å². The Balaban J connectivity index is 1.94. The van der Waals surface area contributed by atoms with Gasteiger partial charge in [0, 0.05) is 39.8 Å². The molecule has 0 aromatic heterocycles. The van der Waals surface area contributed by atoms with Crippen molar-refractivity contribution in [2.45, 2.75) is 12.5 Å². The number of nitrogens with zero attached hydrogens (tertiary/aromatic N) is 2. The van der Waals surface area contributed by atoms with Crippen molar-refractivity contribution in [3.8, 4) is 0 Å². The molecule has 0 aliphatic carbocycles. The van der Waals surface area contributed by atoms with Crippen molar-refractivity contribution in [1.29, 1.82) is 0 Å². The number of likely N-dealkylation sites (N-methyl/N-ethyl adjacent to an activating group) is 1. The fourth-order valence-electron chi connectivity index (χ4n) is 2.26. The van der Waals surface area contributed by atoms with Crippen LogP contribution in [0.25, 0.3) is 0 Å². The average molecular weight is 311 g/mol. The van der Waals surface area contributed by atoms with E-state index in [1.165, 1.54) is 0 Å². The van der Waals surface area contributed by atoms with E-state index in [2.05, 4.69) is 10.6 Å². The summed E-state index contributed by atoms with van der Waals surface area (Å²) in [5, 5.41) is 6.07. The molecule has 0 unspecified atom stereocenters. The summed E-state index contributed by atoms with van der Waals surface area (Å²) in [6, 6.07) is 4.83. The van der Waals surface area contributed by atoms with Gasteiger partial charge in [-0.25, -0.2) is 4.79 Å². The molecule has 1 aromatic rings. The molecule has 6 nitrogen and oxygen atoms in total. The number of rotatable bonds is 3. The van der Waals surface area contributed by atoms with Crippen LogP contribution in [0.2, 0.25) is 5.02 Å². The number of benzene rings is 1. The van der Waals surface area contributed by atoms with E-state index in [-0.39, 0.29) is 18.0 Å². The number of amides is 3. The smallest absolute Gasteiger partial charge is 0.319 e. The molecule has 1 saturated heterocycles. The SMILES string of the molecule is CN1C[C@@H](NC(=O)Nc2ccc(N(C)C)c(Cl)c2)CC1=O. The molecule has 2 rings (SSSR count). The van der Waals surface area contributed by atoms with Crippen LogP contribution in [-0.4, -0.2) is 50.6 Å². The first kappa shape index (κ1) is 15.4. The highest BCUT2D eigenvalue weighted by atomic mass is 35.5. The molecule has 21 heavy (non-hydrogen) atoms. The van der Waals surface area contributed by atoms with E-state index in [0.717, 1.165) is 5.69 Å². The molecule has 1 aromatic carbocycles. The monoisotopic (exact) mass is 310 g/mol. The molecule has 1 atom stereocenters. The highest BCUT2D eigenvalue weighted by molar-refractivity contribution is 6.33. The maximum absolute atomic E-state index is 11.9. The molecule has 2 N–H and O–H groups in total. The van der Waals surface area contributed by atoms with Crippen molar-refractivity contribution in [2.75, 3.05) is 37.9 Å². The molecule has 0 bridgehead atoms. The van der Waals surface area contributed by atoms with E-state index < -0.39 is 0 Å². The molecule has 0 saturated carbocycles. The first-order chi connectivity index (χ1) is 9.86. The number of carbonyl (C=O) groups excluding carboxylic acids is 2. The third-order valence-corrected chi connectivity index (χ3v) is 3.67. The predicted molar refractivity (Wildman–Crippen MR) is 84.0 cm³/mol. The van der Waals surface area contributed by atoms with Gasteiger partial charge < -0.3 is 20.4 Å². The summed E-state index contributed by atoms with van der Waals surface area (Å²) >= 11 is 6.15. The van der Waals surface area contributed by atoms with Crippen LogP contribution in [-0.2, 0) is 4.79 Å². The molecule has 114 valence electrons. The summed E-state index contributed by atoms with van der Waals surface area (Å²) in [6.07, 6.45) is 0.338. The second-order valence-electron chi connectivity index (χ2n) is 5.33. The van der Waals surface area contributed by atoms with Crippen molar-refractivity contribution in [3.63, 3.8) is 0 Å². The van der Waals surface area contributed by atoms with Gasteiger partial charge in [0.1, 0.15) is 0 Å². The van der Waals surface area contributed by atoms with Crippen LogP contribution in [0.5, 0.6) is 0 Å². The second-order valence-corrected chi connectivity index (χ2v) is 5.74. The van der Waals surface area contributed by atoms with Gasteiger partial charge in [-0.1, -0.05) is 11.6 Å². The van der Waals surface area contributed by atoms with E-state index >= 15 is 0 Å². The second kappa shape index (κ2) is 6.22. The first-order valence-electron chi connectivity index (χ1n) is 6.65. The maximum atomic E-state index is 11.9. The Morgan fingerprint density at radius 1 is 1.43 bits per heavy atom. The van der Waals surface area contributed by atoms with Crippen LogP contribution < -0.4 is 15.5 Å². The zero-order valence-electron chi connectivity index (χ0n) is 12.3. The number of carbonyl (C=O) groups is 2. The molecule has 7 heteroatoms. The zero-order valence-corrected chi connectivity index (χ0v) is 13.1. The third-order valence-electron chi connectivity index (χ3n) is 3.36. The predicted octanol–water partition coefficient (Wildman–Crippen LogP) is 1.76. The van der Waals surface area contributed by atoms with Gasteiger partial charge in [-0.15, -0.1) is 0 Å². The van der Waals surface area contributed by atoms with E-state index in [9.17, 15) is 9.59 Å². The molecule has 0 spiro atoms. The summed E-state index contributed by atoms with van der Waals surface area (Å²) in [4.78, 5) is 26.8. The minimum atomic E-state index is -0.336. The molecule has 1 aliphatic rings. The van der Waals surface area contributed by atoms with Gasteiger partial charge in [-0.05, 0) is 18.2 Å². The maximum Gasteiger partial charge on any atom is 0.319 e. The van der Waals surface area contributed by atoms with Crippen LogP contribution in [0.4, 0.5) is 16.2 Å².